The first-order valence-corrected chi connectivity index (χ1v) is 12.1. The molecule has 3 heteroatoms. The number of carbonyl (C=O) groups is 1. The predicted octanol–water partition coefficient (Wildman–Crippen LogP) is 5.75. The fourth-order valence-electron chi connectivity index (χ4n) is 8.96. The van der Waals surface area contributed by atoms with Crippen LogP contribution in [0.15, 0.2) is 0 Å². The summed E-state index contributed by atoms with van der Waals surface area (Å²) in [6.07, 6.45) is 11.1. The Labute approximate surface area is 171 Å². The molecule has 0 aromatic rings. The van der Waals surface area contributed by atoms with Crippen molar-refractivity contribution >= 4 is 5.97 Å². The predicted molar refractivity (Wildman–Crippen MR) is 112 cm³/mol. The molecule has 4 saturated carbocycles. The van der Waals surface area contributed by atoms with E-state index in [9.17, 15) is 9.90 Å². The van der Waals surface area contributed by atoms with Gasteiger partial charge in [-0.25, -0.2) is 0 Å². The van der Waals surface area contributed by atoms with E-state index in [0.29, 0.717) is 52.8 Å². The Balaban J connectivity index is 1.55. The van der Waals surface area contributed by atoms with Crippen molar-refractivity contribution in [3.8, 4) is 0 Å². The van der Waals surface area contributed by atoms with Gasteiger partial charge in [0.1, 0.15) is 0 Å². The summed E-state index contributed by atoms with van der Waals surface area (Å²) in [5.74, 6) is 3.78. The van der Waals surface area contributed by atoms with Crippen molar-refractivity contribution in [3.63, 3.8) is 0 Å². The van der Waals surface area contributed by atoms with Crippen molar-refractivity contribution in [2.45, 2.75) is 98.0 Å². The van der Waals surface area contributed by atoms with E-state index in [1.54, 1.807) is 0 Å². The number of fused-ring (bicyclic) bond motifs is 5. The van der Waals surface area contributed by atoms with Gasteiger partial charge in [0, 0.05) is 6.42 Å². The third kappa shape index (κ3) is 3.15. The minimum Gasteiger partial charge on any atom is -0.481 e. The minimum absolute atomic E-state index is 0.119. The Bertz CT molecular complexity index is 603. The van der Waals surface area contributed by atoms with Crippen LogP contribution >= 0.6 is 0 Å². The summed E-state index contributed by atoms with van der Waals surface area (Å²) in [6, 6.07) is 0. The van der Waals surface area contributed by atoms with Gasteiger partial charge in [0.15, 0.2) is 0 Å². The second kappa shape index (κ2) is 7.29. The van der Waals surface area contributed by atoms with E-state index >= 15 is 0 Å². The van der Waals surface area contributed by atoms with Gasteiger partial charge >= 0.3 is 5.97 Å². The van der Waals surface area contributed by atoms with E-state index in [1.807, 2.05) is 0 Å². The zero-order chi connectivity index (χ0) is 20.3. The van der Waals surface area contributed by atoms with Gasteiger partial charge in [-0.3, -0.25) is 4.79 Å². The summed E-state index contributed by atoms with van der Waals surface area (Å²) >= 11 is 0. The third-order valence-corrected chi connectivity index (χ3v) is 10.5. The van der Waals surface area contributed by atoms with E-state index in [4.69, 9.17) is 5.11 Å². The van der Waals surface area contributed by atoms with Gasteiger partial charge < -0.3 is 10.2 Å². The topological polar surface area (TPSA) is 57.5 Å². The maximum absolute atomic E-state index is 11.3. The molecule has 4 aliphatic carbocycles. The largest absolute Gasteiger partial charge is 0.481 e. The van der Waals surface area contributed by atoms with Gasteiger partial charge in [0.25, 0.3) is 0 Å². The summed E-state index contributed by atoms with van der Waals surface area (Å²) < 4.78 is 0. The van der Waals surface area contributed by atoms with Crippen molar-refractivity contribution in [2.75, 3.05) is 0 Å². The second-order valence-corrected chi connectivity index (χ2v) is 11.8. The van der Waals surface area contributed by atoms with Crippen LogP contribution in [0.1, 0.15) is 91.9 Å². The van der Waals surface area contributed by atoms with Crippen LogP contribution in [0.5, 0.6) is 0 Å². The lowest BCUT2D eigenvalue weighted by atomic mass is 9.43. The van der Waals surface area contributed by atoms with Crippen molar-refractivity contribution < 1.29 is 15.0 Å². The molecule has 4 rings (SSSR count). The zero-order valence-electron chi connectivity index (χ0n) is 18.5. The molecule has 4 aliphatic rings. The Morgan fingerprint density at radius 2 is 1.71 bits per heavy atom. The lowest BCUT2D eigenvalue weighted by molar-refractivity contribution is -0.168. The van der Waals surface area contributed by atoms with Gasteiger partial charge in [-0.05, 0) is 104 Å². The first-order chi connectivity index (χ1) is 13.2. The van der Waals surface area contributed by atoms with Crippen molar-refractivity contribution in [1.82, 2.24) is 0 Å². The van der Waals surface area contributed by atoms with Gasteiger partial charge in [-0.1, -0.05) is 34.1 Å². The number of carboxylic acids is 1. The van der Waals surface area contributed by atoms with Crippen LogP contribution in [0.4, 0.5) is 0 Å². The van der Waals surface area contributed by atoms with E-state index in [1.165, 1.54) is 44.9 Å². The highest BCUT2D eigenvalue weighted by atomic mass is 16.4. The van der Waals surface area contributed by atoms with Crippen LogP contribution in [-0.2, 0) is 4.79 Å². The number of carboxylic acid groups (broad SMARTS) is 1. The molecule has 160 valence electrons. The monoisotopic (exact) mass is 390 g/mol. The summed E-state index contributed by atoms with van der Waals surface area (Å²) in [5.41, 5.74) is 0.732. The molecule has 10 atom stereocenters. The average molecular weight is 391 g/mol. The van der Waals surface area contributed by atoms with E-state index in [2.05, 4.69) is 27.7 Å². The molecule has 0 amide bonds. The molecule has 0 heterocycles. The maximum atomic E-state index is 11.3. The molecule has 0 radical (unpaired) electrons. The molecule has 2 N–H and O–H groups in total. The third-order valence-electron chi connectivity index (χ3n) is 10.5. The highest BCUT2D eigenvalue weighted by Gasteiger charge is 2.62. The first kappa shape index (κ1) is 20.7. The first-order valence-electron chi connectivity index (χ1n) is 12.1. The molecule has 3 nitrogen and oxygen atoms in total. The molecule has 0 aromatic heterocycles. The van der Waals surface area contributed by atoms with Gasteiger partial charge in [0.05, 0.1) is 6.10 Å². The quantitative estimate of drug-likeness (QED) is 0.642. The van der Waals surface area contributed by atoms with Gasteiger partial charge in [0.2, 0.25) is 0 Å². The van der Waals surface area contributed by atoms with E-state index in [0.717, 1.165) is 18.8 Å². The molecular formula is C25H42O3. The molecule has 28 heavy (non-hydrogen) atoms. The molecule has 0 aliphatic heterocycles. The molecule has 0 aromatic carbocycles. The van der Waals surface area contributed by atoms with Crippen LogP contribution < -0.4 is 0 Å². The minimum atomic E-state index is -0.663. The fraction of sp³-hybridized carbons (Fsp3) is 0.960. The maximum Gasteiger partial charge on any atom is 0.303 e. The van der Waals surface area contributed by atoms with Crippen molar-refractivity contribution in [3.05, 3.63) is 0 Å². The zero-order valence-corrected chi connectivity index (χ0v) is 18.5. The highest BCUT2D eigenvalue weighted by molar-refractivity contribution is 5.66. The number of aliphatic carboxylic acids is 1. The van der Waals surface area contributed by atoms with Crippen LogP contribution in [0.3, 0.4) is 0 Å². The molecule has 4 fully saturated rings. The van der Waals surface area contributed by atoms with E-state index < -0.39 is 5.97 Å². The van der Waals surface area contributed by atoms with E-state index in [-0.39, 0.29) is 6.10 Å². The number of aliphatic hydroxyl groups excluding tert-OH is 1. The lowest BCUT2D eigenvalue weighted by Crippen LogP contribution is -2.58. The van der Waals surface area contributed by atoms with Crippen molar-refractivity contribution in [1.29, 1.82) is 0 Å². The summed E-state index contributed by atoms with van der Waals surface area (Å²) in [4.78, 5) is 11.1. The Morgan fingerprint density at radius 3 is 2.43 bits per heavy atom. The summed E-state index contributed by atoms with van der Waals surface area (Å²) in [6.45, 7) is 9.74. The Morgan fingerprint density at radius 1 is 1.04 bits per heavy atom. The van der Waals surface area contributed by atoms with Crippen molar-refractivity contribution in [2.24, 2.45) is 52.3 Å². The van der Waals surface area contributed by atoms with Crippen LogP contribution in [0.2, 0.25) is 0 Å². The van der Waals surface area contributed by atoms with Gasteiger partial charge in [-0.2, -0.15) is 0 Å². The van der Waals surface area contributed by atoms with Crippen LogP contribution in [0, 0.1) is 52.3 Å². The molecule has 0 saturated heterocycles. The fourth-order valence-corrected chi connectivity index (χ4v) is 8.96. The average Bonchev–Trinajstić information content (AvgIpc) is 2.98. The molecule has 0 spiro atoms. The number of rotatable bonds is 4. The van der Waals surface area contributed by atoms with Crippen LogP contribution in [-0.4, -0.2) is 22.3 Å². The summed E-state index contributed by atoms with van der Waals surface area (Å²) in [5, 5.41) is 20.4. The number of aliphatic hydroxyl groups is 1. The van der Waals surface area contributed by atoms with Gasteiger partial charge in [-0.15, -0.1) is 0 Å². The standard InChI is InChI=1S/C25H42O3/c1-15-9-11-24(3)17(13-15)14-21(26)23-19-7-6-18(16(2)5-8-22(27)28)25(19,4)12-10-20(23)24/h15-21,23,26H,5-14H2,1-4H3,(H,27,28)/t15-,16?,17-,18-,19+,20?,21+,23+,24?,25?/m1/s1. The molecule has 4 unspecified atom stereocenters. The molecule has 0 bridgehead atoms. The highest BCUT2D eigenvalue weighted by Crippen LogP contribution is 2.68. The summed E-state index contributed by atoms with van der Waals surface area (Å²) in [7, 11) is 0. The SMILES string of the molecule is CC(CCC(=O)O)[C@H]1CC[C@H]2[C@H]3C(CCC12C)C1(C)CC[C@@H](C)C[C@@H]1C[C@@H]3O. The number of hydrogen-bond acceptors (Lipinski definition) is 2. The molecular weight excluding hydrogens is 348 g/mol. The number of hydrogen-bond donors (Lipinski definition) is 2. The normalized spacial score (nSPS) is 51.7. The smallest absolute Gasteiger partial charge is 0.303 e. The Kier molecular flexibility index (Phi) is 5.39. The van der Waals surface area contributed by atoms with Crippen LogP contribution in [0.25, 0.3) is 0 Å². The Hall–Kier alpha value is -0.570. The second-order valence-electron chi connectivity index (χ2n) is 11.8. The lowest BCUT2D eigenvalue weighted by Gasteiger charge is -2.62.